The van der Waals surface area contributed by atoms with Gasteiger partial charge >= 0.3 is 0 Å². The van der Waals surface area contributed by atoms with E-state index < -0.39 is 0 Å². The van der Waals surface area contributed by atoms with Gasteiger partial charge in [0.25, 0.3) is 0 Å². The quantitative estimate of drug-likeness (QED) is 0.631. The number of carbonyl (C=O) groups is 1. The molecule has 1 aliphatic rings. The van der Waals surface area contributed by atoms with Crippen LogP contribution in [0.25, 0.3) is 11.0 Å². The maximum Gasteiger partial charge on any atom is 0.160 e. The zero-order valence-electron chi connectivity index (χ0n) is 9.56. The summed E-state index contributed by atoms with van der Waals surface area (Å²) in [6.07, 6.45) is 5.58. The second-order valence-electron chi connectivity index (χ2n) is 4.40. The lowest BCUT2D eigenvalue weighted by Crippen LogP contribution is -2.33. The zero-order valence-corrected chi connectivity index (χ0v) is 11.7. The molecule has 2 aromatic heterocycles. The topological polar surface area (TPSA) is 83.6 Å². The first-order valence-electron chi connectivity index (χ1n) is 5.81. The number of nitrogens with one attached hydrogen (secondary N) is 2. The Bertz CT molecular complexity index is 584. The number of anilines is 1. The van der Waals surface area contributed by atoms with Crippen molar-refractivity contribution in [1.29, 1.82) is 0 Å². The fraction of sp³-hybridized carbons (Fsp3) is 0.455. The van der Waals surface area contributed by atoms with E-state index in [-0.39, 0.29) is 9.97 Å². The first-order chi connectivity index (χ1) is 8.74. The lowest BCUT2D eigenvalue weighted by atomic mass is 9.94. The summed E-state index contributed by atoms with van der Waals surface area (Å²) in [5, 5.41) is 11.1. The Labute approximate surface area is 117 Å². The average molecular weight is 357 g/mol. The van der Waals surface area contributed by atoms with Crippen molar-refractivity contribution < 1.29 is 4.79 Å². The second kappa shape index (κ2) is 4.79. The summed E-state index contributed by atoms with van der Waals surface area (Å²) in [4.78, 5) is 19.8. The van der Waals surface area contributed by atoms with E-state index in [4.69, 9.17) is 0 Å². The van der Waals surface area contributed by atoms with Crippen LogP contribution in [0.15, 0.2) is 12.5 Å². The number of Topliss-reactive ketones (excluding diaryl/α,β-unsaturated/α-hetero) is 1. The molecule has 3 rings (SSSR count). The molecule has 0 saturated heterocycles. The zero-order chi connectivity index (χ0) is 12.5. The number of nitrogens with zero attached hydrogens (tertiary/aromatic N) is 3. The van der Waals surface area contributed by atoms with Crippen molar-refractivity contribution in [1.82, 2.24) is 20.2 Å². The van der Waals surface area contributed by atoms with Crippen LogP contribution < -0.4 is 5.32 Å². The van der Waals surface area contributed by atoms with Gasteiger partial charge in [-0.3, -0.25) is 9.89 Å². The van der Waals surface area contributed by atoms with Crippen LogP contribution in [0.4, 0.5) is 5.82 Å². The van der Waals surface area contributed by atoms with E-state index in [1.165, 1.54) is 6.33 Å². The number of hydrogen-bond acceptors (Lipinski definition) is 5. The SMILES string of the molecule is O=C1CCC(Nc2ncnc3[nH]ncc23)CC1I. The number of fused-ring (bicyclic) bond motifs is 1. The smallest absolute Gasteiger partial charge is 0.160 e. The molecule has 2 atom stereocenters. The summed E-state index contributed by atoms with van der Waals surface area (Å²) < 4.78 is 0.107. The van der Waals surface area contributed by atoms with Crippen LogP contribution in [0.3, 0.4) is 0 Å². The highest BCUT2D eigenvalue weighted by atomic mass is 127. The second-order valence-corrected chi connectivity index (χ2v) is 5.91. The summed E-state index contributed by atoms with van der Waals surface area (Å²) in [6, 6.07) is 0.289. The third-order valence-electron chi connectivity index (χ3n) is 3.17. The molecule has 0 radical (unpaired) electrons. The Hall–Kier alpha value is -1.25. The van der Waals surface area contributed by atoms with Gasteiger partial charge < -0.3 is 5.32 Å². The van der Waals surface area contributed by atoms with E-state index in [0.717, 1.165) is 29.7 Å². The Morgan fingerprint density at radius 2 is 2.33 bits per heavy atom. The molecule has 1 aliphatic carbocycles. The molecule has 0 amide bonds. The van der Waals surface area contributed by atoms with E-state index in [2.05, 4.69) is 48.1 Å². The van der Waals surface area contributed by atoms with E-state index in [1.807, 2.05) is 0 Å². The van der Waals surface area contributed by atoms with Crippen LogP contribution in [0.2, 0.25) is 0 Å². The average Bonchev–Trinajstić information content (AvgIpc) is 2.83. The number of carbonyl (C=O) groups excluding carboxylic acids is 1. The van der Waals surface area contributed by atoms with Crippen LogP contribution in [-0.2, 0) is 4.79 Å². The normalized spacial score (nSPS) is 24.4. The molecule has 7 heteroatoms. The van der Waals surface area contributed by atoms with E-state index >= 15 is 0 Å². The van der Waals surface area contributed by atoms with Crippen LogP contribution in [0.1, 0.15) is 19.3 Å². The van der Waals surface area contributed by atoms with Gasteiger partial charge in [0, 0.05) is 12.5 Å². The first-order valence-corrected chi connectivity index (χ1v) is 7.06. The maximum atomic E-state index is 11.5. The molecule has 1 fully saturated rings. The number of alkyl halides is 1. The van der Waals surface area contributed by atoms with Crippen molar-refractivity contribution in [3.63, 3.8) is 0 Å². The van der Waals surface area contributed by atoms with E-state index in [1.54, 1.807) is 6.20 Å². The number of rotatable bonds is 2. The molecule has 0 bridgehead atoms. The van der Waals surface area contributed by atoms with Gasteiger partial charge in [0.15, 0.2) is 5.65 Å². The minimum absolute atomic E-state index is 0.107. The Balaban J connectivity index is 1.80. The Kier molecular flexibility index (Phi) is 3.14. The van der Waals surface area contributed by atoms with Crippen LogP contribution >= 0.6 is 22.6 Å². The molecule has 2 unspecified atom stereocenters. The molecule has 0 aliphatic heterocycles. The predicted molar refractivity (Wildman–Crippen MR) is 75.8 cm³/mol. The number of aromatic nitrogens is 4. The highest BCUT2D eigenvalue weighted by molar-refractivity contribution is 14.1. The largest absolute Gasteiger partial charge is 0.367 e. The molecule has 0 aromatic carbocycles. The van der Waals surface area contributed by atoms with Crippen molar-refractivity contribution in [3.8, 4) is 0 Å². The van der Waals surface area contributed by atoms with Crippen LogP contribution in [0, 0.1) is 0 Å². The van der Waals surface area contributed by atoms with Gasteiger partial charge in [-0.2, -0.15) is 5.10 Å². The van der Waals surface area contributed by atoms with Crippen molar-refractivity contribution in [2.24, 2.45) is 0 Å². The Morgan fingerprint density at radius 1 is 1.44 bits per heavy atom. The standard InChI is InChI=1S/C11H12IN5O/c12-8-3-6(1-2-9(8)18)16-10-7-4-15-17-11(7)14-5-13-10/h4-6,8H,1-3H2,(H2,13,14,15,16,17). The van der Waals surface area contributed by atoms with Crippen molar-refractivity contribution in [3.05, 3.63) is 12.5 Å². The van der Waals surface area contributed by atoms with E-state index in [9.17, 15) is 4.79 Å². The summed E-state index contributed by atoms with van der Waals surface area (Å²) >= 11 is 2.22. The fourth-order valence-electron chi connectivity index (χ4n) is 2.18. The lowest BCUT2D eigenvalue weighted by molar-refractivity contribution is -0.119. The number of hydrogen-bond donors (Lipinski definition) is 2. The van der Waals surface area contributed by atoms with Gasteiger partial charge in [0.2, 0.25) is 0 Å². The van der Waals surface area contributed by atoms with Gasteiger partial charge in [-0.1, -0.05) is 22.6 Å². The predicted octanol–water partition coefficient (Wildman–Crippen LogP) is 1.69. The lowest BCUT2D eigenvalue weighted by Gasteiger charge is -2.26. The highest BCUT2D eigenvalue weighted by Crippen LogP contribution is 2.26. The van der Waals surface area contributed by atoms with Gasteiger partial charge in [-0.25, -0.2) is 9.97 Å². The number of ketones is 1. The summed E-state index contributed by atoms with van der Waals surface area (Å²) in [5.74, 6) is 1.14. The number of halogens is 1. The molecule has 0 spiro atoms. The molecule has 2 aromatic rings. The molecular formula is C11H12IN5O. The third-order valence-corrected chi connectivity index (χ3v) is 4.37. The first kappa shape index (κ1) is 11.8. The van der Waals surface area contributed by atoms with Crippen molar-refractivity contribution in [2.45, 2.75) is 29.2 Å². The molecular weight excluding hydrogens is 345 g/mol. The summed E-state index contributed by atoms with van der Waals surface area (Å²) in [5.41, 5.74) is 0.727. The summed E-state index contributed by atoms with van der Waals surface area (Å²) in [7, 11) is 0. The molecule has 6 nitrogen and oxygen atoms in total. The maximum absolute atomic E-state index is 11.5. The number of H-pyrrole nitrogens is 1. The minimum Gasteiger partial charge on any atom is -0.367 e. The molecule has 18 heavy (non-hydrogen) atoms. The summed E-state index contributed by atoms with van der Waals surface area (Å²) in [6.45, 7) is 0. The monoisotopic (exact) mass is 357 g/mol. The molecule has 2 N–H and O–H groups in total. The Morgan fingerprint density at radius 3 is 3.17 bits per heavy atom. The molecule has 94 valence electrons. The van der Waals surface area contributed by atoms with Gasteiger partial charge in [0.05, 0.1) is 15.5 Å². The molecule has 1 saturated carbocycles. The van der Waals surface area contributed by atoms with Gasteiger partial charge in [-0.15, -0.1) is 0 Å². The highest BCUT2D eigenvalue weighted by Gasteiger charge is 2.27. The van der Waals surface area contributed by atoms with Crippen molar-refractivity contribution in [2.75, 3.05) is 5.32 Å². The van der Waals surface area contributed by atoms with Gasteiger partial charge in [-0.05, 0) is 12.8 Å². The number of aromatic amines is 1. The van der Waals surface area contributed by atoms with Crippen molar-refractivity contribution >= 4 is 45.2 Å². The fourth-order valence-corrected chi connectivity index (χ4v) is 3.10. The van der Waals surface area contributed by atoms with E-state index in [0.29, 0.717) is 12.2 Å². The third kappa shape index (κ3) is 2.18. The molecule has 2 heterocycles. The minimum atomic E-state index is 0.107. The van der Waals surface area contributed by atoms with Gasteiger partial charge in [0.1, 0.15) is 17.9 Å². The van der Waals surface area contributed by atoms with Crippen LogP contribution in [-0.4, -0.2) is 35.9 Å². The van der Waals surface area contributed by atoms with Crippen LogP contribution in [0.5, 0.6) is 0 Å².